The van der Waals surface area contributed by atoms with E-state index in [4.69, 9.17) is 10.5 Å². The summed E-state index contributed by atoms with van der Waals surface area (Å²) in [6, 6.07) is 9.13. The topological polar surface area (TPSA) is 81.4 Å². The Morgan fingerprint density at radius 1 is 1.17 bits per heavy atom. The quantitative estimate of drug-likeness (QED) is 0.645. The Morgan fingerprint density at radius 3 is 2.35 bits per heavy atom. The van der Waals surface area contributed by atoms with Crippen LogP contribution in [0.4, 0.5) is 0 Å². The van der Waals surface area contributed by atoms with E-state index in [-0.39, 0.29) is 24.3 Å². The number of nitrogens with one attached hydrogen (secondary N) is 1. The highest BCUT2D eigenvalue weighted by molar-refractivity contribution is 5.88. The molecule has 1 aliphatic rings. The van der Waals surface area contributed by atoms with Crippen molar-refractivity contribution in [1.29, 1.82) is 0 Å². The Bertz CT molecular complexity index is 522. The van der Waals surface area contributed by atoms with Crippen molar-refractivity contribution in [3.8, 4) is 0 Å². The Labute approximate surface area is 137 Å². The lowest BCUT2D eigenvalue weighted by molar-refractivity contribution is -0.151. The summed E-state index contributed by atoms with van der Waals surface area (Å²) in [5.74, 6) is -0.547. The van der Waals surface area contributed by atoms with Crippen molar-refractivity contribution in [2.45, 2.75) is 56.5 Å². The molecule has 0 heterocycles. The average Bonchev–Trinajstić information content (AvgIpc) is 2.81. The van der Waals surface area contributed by atoms with Crippen molar-refractivity contribution < 1.29 is 14.3 Å². The molecule has 1 aliphatic carbocycles. The second kappa shape index (κ2) is 8.11. The summed E-state index contributed by atoms with van der Waals surface area (Å²) in [4.78, 5) is 24.7. The van der Waals surface area contributed by atoms with Crippen molar-refractivity contribution in [1.82, 2.24) is 5.32 Å². The van der Waals surface area contributed by atoms with Crippen LogP contribution in [0.2, 0.25) is 0 Å². The molecule has 5 nitrogen and oxygen atoms in total. The van der Waals surface area contributed by atoms with Crippen molar-refractivity contribution in [3.63, 3.8) is 0 Å². The summed E-state index contributed by atoms with van der Waals surface area (Å²) in [5.41, 5.74) is 6.13. The summed E-state index contributed by atoms with van der Waals surface area (Å²) in [6.07, 6.45) is 5.41. The molecular weight excluding hydrogens is 292 g/mol. The molecule has 3 N–H and O–H groups in total. The third-order valence-corrected chi connectivity index (χ3v) is 4.54. The van der Waals surface area contributed by atoms with Gasteiger partial charge >= 0.3 is 5.97 Å². The highest BCUT2D eigenvalue weighted by Crippen LogP contribution is 2.29. The number of ether oxygens (including phenoxy) is 1. The summed E-state index contributed by atoms with van der Waals surface area (Å²) >= 11 is 0. The van der Waals surface area contributed by atoms with Gasteiger partial charge in [-0.05, 0) is 18.4 Å². The number of carbonyl (C=O) groups excluding carboxylic acids is 2. The fourth-order valence-corrected chi connectivity index (χ4v) is 3.24. The smallest absolute Gasteiger partial charge is 0.331 e. The van der Waals surface area contributed by atoms with Gasteiger partial charge in [-0.3, -0.25) is 4.79 Å². The largest absolute Gasteiger partial charge is 0.467 e. The van der Waals surface area contributed by atoms with E-state index in [1.165, 1.54) is 7.11 Å². The molecule has 1 atom stereocenters. The van der Waals surface area contributed by atoms with Gasteiger partial charge in [0.15, 0.2) is 0 Å². The molecule has 1 saturated carbocycles. The lowest BCUT2D eigenvalue weighted by atomic mass is 9.89. The summed E-state index contributed by atoms with van der Waals surface area (Å²) in [5, 5.41) is 2.93. The van der Waals surface area contributed by atoms with Gasteiger partial charge in [0, 0.05) is 12.5 Å². The number of hydrogen-bond acceptors (Lipinski definition) is 4. The van der Waals surface area contributed by atoms with Crippen LogP contribution in [0.25, 0.3) is 0 Å². The Balaban J connectivity index is 2.04. The third kappa shape index (κ3) is 4.55. The van der Waals surface area contributed by atoms with Gasteiger partial charge < -0.3 is 15.8 Å². The minimum absolute atomic E-state index is 0.156. The number of esters is 1. The molecule has 0 bridgehead atoms. The van der Waals surface area contributed by atoms with Crippen LogP contribution in [0.15, 0.2) is 30.3 Å². The van der Waals surface area contributed by atoms with Crippen molar-refractivity contribution in [2.75, 3.05) is 7.11 Å². The number of carbonyl (C=O) groups is 2. The van der Waals surface area contributed by atoms with E-state index in [1.54, 1.807) is 0 Å². The van der Waals surface area contributed by atoms with E-state index in [9.17, 15) is 9.59 Å². The molecule has 23 heavy (non-hydrogen) atoms. The third-order valence-electron chi connectivity index (χ3n) is 4.54. The maximum absolute atomic E-state index is 12.4. The zero-order valence-electron chi connectivity index (χ0n) is 13.7. The maximum Gasteiger partial charge on any atom is 0.331 e. The van der Waals surface area contributed by atoms with Crippen LogP contribution < -0.4 is 11.1 Å². The first kappa shape index (κ1) is 17.5. The number of nitrogens with two attached hydrogens (primary N) is 1. The number of hydrogen-bond donors (Lipinski definition) is 2. The molecule has 0 radical (unpaired) electrons. The molecule has 5 heteroatoms. The number of benzene rings is 1. The fraction of sp³-hybridized carbons (Fsp3) is 0.556. The fourth-order valence-electron chi connectivity index (χ4n) is 3.24. The van der Waals surface area contributed by atoms with Crippen LogP contribution in [-0.4, -0.2) is 24.5 Å². The molecule has 0 aliphatic heterocycles. The van der Waals surface area contributed by atoms with Gasteiger partial charge in [-0.15, -0.1) is 0 Å². The second-order valence-electron chi connectivity index (χ2n) is 6.26. The normalized spacial score (nSPS) is 18.5. The van der Waals surface area contributed by atoms with E-state index < -0.39 is 5.54 Å². The Kier molecular flexibility index (Phi) is 6.16. The van der Waals surface area contributed by atoms with Crippen molar-refractivity contribution in [2.24, 2.45) is 5.73 Å². The van der Waals surface area contributed by atoms with Crippen LogP contribution in [0.5, 0.6) is 0 Å². The van der Waals surface area contributed by atoms with Crippen LogP contribution in [0.3, 0.4) is 0 Å². The Morgan fingerprint density at radius 2 is 1.78 bits per heavy atom. The molecule has 1 unspecified atom stereocenters. The SMILES string of the molecule is COC(=O)C1(NC(=O)CC(N)c2ccccc2)CCCCCC1. The van der Waals surface area contributed by atoms with E-state index in [2.05, 4.69) is 5.32 Å². The maximum atomic E-state index is 12.4. The summed E-state index contributed by atoms with van der Waals surface area (Å²) < 4.78 is 4.95. The average molecular weight is 318 g/mol. The van der Waals surface area contributed by atoms with Crippen LogP contribution in [-0.2, 0) is 14.3 Å². The first-order valence-corrected chi connectivity index (χ1v) is 8.27. The van der Waals surface area contributed by atoms with Gasteiger partial charge in [0.25, 0.3) is 0 Å². The molecule has 2 rings (SSSR count). The van der Waals surface area contributed by atoms with E-state index in [0.717, 1.165) is 31.2 Å². The lowest BCUT2D eigenvalue weighted by Crippen LogP contribution is -2.55. The second-order valence-corrected chi connectivity index (χ2v) is 6.26. The molecule has 0 saturated heterocycles. The summed E-state index contributed by atoms with van der Waals surface area (Å²) in [7, 11) is 1.37. The Hall–Kier alpha value is -1.88. The minimum Gasteiger partial charge on any atom is -0.467 e. The molecule has 0 spiro atoms. The monoisotopic (exact) mass is 318 g/mol. The van der Waals surface area contributed by atoms with Gasteiger partial charge in [0.1, 0.15) is 5.54 Å². The first-order valence-electron chi connectivity index (χ1n) is 8.27. The van der Waals surface area contributed by atoms with Crippen LogP contribution >= 0.6 is 0 Å². The first-order chi connectivity index (χ1) is 11.1. The number of rotatable bonds is 5. The van der Waals surface area contributed by atoms with Gasteiger partial charge in [0.05, 0.1) is 7.11 Å². The van der Waals surface area contributed by atoms with E-state index >= 15 is 0 Å². The highest BCUT2D eigenvalue weighted by Gasteiger charge is 2.41. The van der Waals surface area contributed by atoms with Crippen molar-refractivity contribution in [3.05, 3.63) is 35.9 Å². The summed E-state index contributed by atoms with van der Waals surface area (Å²) in [6.45, 7) is 0. The van der Waals surface area contributed by atoms with Gasteiger partial charge in [0.2, 0.25) is 5.91 Å². The van der Waals surface area contributed by atoms with Crippen LogP contribution in [0, 0.1) is 0 Å². The van der Waals surface area contributed by atoms with E-state index in [0.29, 0.717) is 12.8 Å². The molecule has 1 fully saturated rings. The zero-order valence-corrected chi connectivity index (χ0v) is 13.7. The molecule has 1 aromatic rings. The molecule has 1 amide bonds. The van der Waals surface area contributed by atoms with E-state index in [1.807, 2.05) is 30.3 Å². The van der Waals surface area contributed by atoms with Gasteiger partial charge in [-0.1, -0.05) is 56.0 Å². The van der Waals surface area contributed by atoms with Crippen molar-refractivity contribution >= 4 is 11.9 Å². The highest BCUT2D eigenvalue weighted by atomic mass is 16.5. The minimum atomic E-state index is -0.890. The number of amides is 1. The predicted octanol–water partition coefficient (Wildman–Crippen LogP) is 2.46. The zero-order chi connectivity index (χ0) is 16.7. The van der Waals surface area contributed by atoms with Crippen LogP contribution in [0.1, 0.15) is 56.6 Å². The van der Waals surface area contributed by atoms with Gasteiger partial charge in [-0.2, -0.15) is 0 Å². The molecule has 0 aromatic heterocycles. The standard InChI is InChI=1S/C18H26N2O3/c1-23-17(22)18(11-7-2-3-8-12-18)20-16(21)13-15(19)14-9-5-4-6-10-14/h4-6,9-10,15H,2-3,7-8,11-13,19H2,1H3,(H,20,21). The van der Waals surface area contributed by atoms with Gasteiger partial charge in [-0.25, -0.2) is 4.79 Å². The number of methoxy groups -OCH3 is 1. The lowest BCUT2D eigenvalue weighted by Gasteiger charge is -2.31. The molecule has 1 aromatic carbocycles. The molecule has 126 valence electrons. The molecular formula is C18H26N2O3. The predicted molar refractivity (Wildman–Crippen MR) is 88.6 cm³/mol.